The lowest BCUT2D eigenvalue weighted by Gasteiger charge is -2.32. The predicted molar refractivity (Wildman–Crippen MR) is 105 cm³/mol. The zero-order valence-corrected chi connectivity index (χ0v) is 16.5. The maximum absolute atomic E-state index is 8.90. The molecule has 3 heteroatoms. The fourth-order valence-corrected chi connectivity index (χ4v) is 3.47. The number of aliphatic hydroxyl groups excluding tert-OH is 1. The Kier molecular flexibility index (Phi) is 7.98. The zero-order chi connectivity index (χ0) is 18.2. The molecule has 0 saturated heterocycles. The summed E-state index contributed by atoms with van der Waals surface area (Å²) >= 11 is 0. The van der Waals surface area contributed by atoms with Crippen LogP contribution in [0.4, 0.5) is 0 Å². The van der Waals surface area contributed by atoms with Gasteiger partial charge in [0.15, 0.2) is 0 Å². The second kappa shape index (κ2) is 9.98. The highest BCUT2D eigenvalue weighted by Gasteiger charge is 2.23. The number of benzene rings is 1. The van der Waals surface area contributed by atoms with Crippen molar-refractivity contribution < 1.29 is 9.84 Å². The summed E-state index contributed by atoms with van der Waals surface area (Å²) in [5.41, 5.74) is 5.45. The van der Waals surface area contributed by atoms with E-state index in [1.807, 2.05) is 0 Å². The summed E-state index contributed by atoms with van der Waals surface area (Å²) in [5, 5.41) is 8.90. The molecule has 1 aliphatic rings. The summed E-state index contributed by atoms with van der Waals surface area (Å²) in [6.45, 7) is 11.8. The Labute approximate surface area is 153 Å². The third-order valence-electron chi connectivity index (χ3n) is 5.11. The molecule has 3 nitrogen and oxygen atoms in total. The van der Waals surface area contributed by atoms with Crippen molar-refractivity contribution in [1.29, 1.82) is 0 Å². The Morgan fingerprint density at radius 2 is 2.08 bits per heavy atom. The second-order valence-electron chi connectivity index (χ2n) is 7.65. The molecule has 0 aromatic heterocycles. The van der Waals surface area contributed by atoms with Crippen LogP contribution in [-0.2, 0) is 6.54 Å². The molecule has 25 heavy (non-hydrogen) atoms. The molecule has 1 heterocycles. The Morgan fingerprint density at radius 1 is 1.28 bits per heavy atom. The molecule has 1 N–H and O–H groups in total. The van der Waals surface area contributed by atoms with Crippen LogP contribution in [-0.4, -0.2) is 29.9 Å². The summed E-state index contributed by atoms with van der Waals surface area (Å²) in [5.74, 6) is 1.65. The van der Waals surface area contributed by atoms with E-state index in [1.165, 1.54) is 22.3 Å². The molecule has 0 saturated carbocycles. The molecular weight excluding hydrogens is 310 g/mol. The van der Waals surface area contributed by atoms with Gasteiger partial charge in [-0.25, -0.2) is 0 Å². The fourth-order valence-electron chi connectivity index (χ4n) is 3.47. The van der Waals surface area contributed by atoms with Crippen molar-refractivity contribution >= 4 is 0 Å². The molecule has 2 rings (SSSR count). The van der Waals surface area contributed by atoms with Crippen molar-refractivity contribution in [3.8, 4) is 5.75 Å². The van der Waals surface area contributed by atoms with Gasteiger partial charge in [0.25, 0.3) is 0 Å². The highest BCUT2D eigenvalue weighted by molar-refractivity contribution is 5.48. The van der Waals surface area contributed by atoms with Crippen LogP contribution in [0.25, 0.3) is 0 Å². The van der Waals surface area contributed by atoms with E-state index in [0.717, 1.165) is 50.9 Å². The molecule has 1 aromatic rings. The van der Waals surface area contributed by atoms with Crippen LogP contribution in [0.5, 0.6) is 5.75 Å². The zero-order valence-electron chi connectivity index (χ0n) is 16.5. The van der Waals surface area contributed by atoms with Gasteiger partial charge in [-0.2, -0.15) is 0 Å². The van der Waals surface area contributed by atoms with E-state index >= 15 is 0 Å². The molecule has 1 atom stereocenters. The molecular formula is C22H35NO2. The number of hydrogen-bond acceptors (Lipinski definition) is 3. The van der Waals surface area contributed by atoms with Crippen LogP contribution in [0.2, 0.25) is 0 Å². The van der Waals surface area contributed by atoms with Gasteiger partial charge in [-0.1, -0.05) is 30.7 Å². The number of allylic oxidation sites excluding steroid dienone is 2. The molecule has 1 aliphatic heterocycles. The van der Waals surface area contributed by atoms with Gasteiger partial charge < -0.3 is 9.84 Å². The lowest BCUT2D eigenvalue weighted by Crippen LogP contribution is -2.33. The SMILES string of the molecule is CC(C)=CCC[C@H](C)c1ccc(C)c2c1OCN(CCCCCO)C2. The van der Waals surface area contributed by atoms with E-state index in [0.29, 0.717) is 19.3 Å². The van der Waals surface area contributed by atoms with Gasteiger partial charge in [0, 0.05) is 25.3 Å². The van der Waals surface area contributed by atoms with Gasteiger partial charge in [0.05, 0.1) is 0 Å². The highest BCUT2D eigenvalue weighted by atomic mass is 16.5. The normalized spacial score (nSPS) is 15.4. The summed E-state index contributed by atoms with van der Waals surface area (Å²) in [4.78, 5) is 2.38. The monoisotopic (exact) mass is 345 g/mol. The molecule has 0 amide bonds. The van der Waals surface area contributed by atoms with E-state index in [9.17, 15) is 0 Å². The van der Waals surface area contributed by atoms with E-state index in [1.54, 1.807) is 0 Å². The molecule has 0 fully saturated rings. The Morgan fingerprint density at radius 3 is 2.80 bits per heavy atom. The van der Waals surface area contributed by atoms with Crippen LogP contribution in [0.1, 0.15) is 75.5 Å². The van der Waals surface area contributed by atoms with Crippen molar-refractivity contribution in [1.82, 2.24) is 4.90 Å². The third-order valence-corrected chi connectivity index (χ3v) is 5.11. The molecule has 140 valence electrons. The van der Waals surface area contributed by atoms with E-state index in [-0.39, 0.29) is 0 Å². The number of unbranched alkanes of at least 4 members (excludes halogenated alkanes) is 2. The Balaban J connectivity index is 2.03. The van der Waals surface area contributed by atoms with Crippen LogP contribution >= 0.6 is 0 Å². The smallest absolute Gasteiger partial charge is 0.142 e. The Bertz CT molecular complexity index is 576. The minimum Gasteiger partial charge on any atom is -0.477 e. The van der Waals surface area contributed by atoms with Crippen molar-refractivity contribution in [2.24, 2.45) is 0 Å². The molecule has 0 radical (unpaired) electrons. The van der Waals surface area contributed by atoms with Crippen molar-refractivity contribution in [2.75, 3.05) is 19.9 Å². The van der Waals surface area contributed by atoms with Crippen LogP contribution in [0.3, 0.4) is 0 Å². The molecule has 0 bridgehead atoms. The lowest BCUT2D eigenvalue weighted by molar-refractivity contribution is 0.0912. The first kappa shape index (κ1) is 20.0. The lowest BCUT2D eigenvalue weighted by atomic mass is 9.91. The van der Waals surface area contributed by atoms with Crippen LogP contribution in [0, 0.1) is 6.92 Å². The standard InChI is InChI=1S/C22H35NO2/c1-17(2)9-8-10-18(3)20-12-11-19(4)21-15-23(16-25-22(20)21)13-6-5-7-14-24/h9,11-12,18,24H,5-8,10,13-16H2,1-4H3/t18-/m0/s1. The van der Waals surface area contributed by atoms with Gasteiger partial charge in [-0.05, 0) is 69.9 Å². The average molecular weight is 346 g/mol. The van der Waals surface area contributed by atoms with Crippen LogP contribution in [0.15, 0.2) is 23.8 Å². The Hall–Kier alpha value is -1.32. The van der Waals surface area contributed by atoms with Gasteiger partial charge in [0.2, 0.25) is 0 Å². The summed E-state index contributed by atoms with van der Waals surface area (Å²) in [6, 6.07) is 4.52. The highest BCUT2D eigenvalue weighted by Crippen LogP contribution is 2.37. The predicted octanol–water partition coefficient (Wildman–Crippen LogP) is 5.16. The molecule has 0 aliphatic carbocycles. The first-order chi connectivity index (χ1) is 12.0. The van der Waals surface area contributed by atoms with Gasteiger partial charge in [0.1, 0.15) is 12.5 Å². The third kappa shape index (κ3) is 5.86. The number of aryl methyl sites for hydroxylation is 1. The quantitative estimate of drug-likeness (QED) is 0.496. The average Bonchev–Trinajstić information content (AvgIpc) is 2.59. The van der Waals surface area contributed by atoms with Crippen molar-refractivity contribution in [3.05, 3.63) is 40.5 Å². The summed E-state index contributed by atoms with van der Waals surface area (Å²) in [7, 11) is 0. The van der Waals surface area contributed by atoms with Gasteiger partial charge in [-0.3, -0.25) is 4.90 Å². The maximum Gasteiger partial charge on any atom is 0.142 e. The molecule has 0 spiro atoms. The first-order valence-electron chi connectivity index (χ1n) is 9.74. The molecule has 0 unspecified atom stereocenters. The number of nitrogens with zero attached hydrogens (tertiary/aromatic N) is 1. The number of ether oxygens (including phenoxy) is 1. The topological polar surface area (TPSA) is 32.7 Å². The minimum atomic E-state index is 0.298. The maximum atomic E-state index is 8.90. The largest absolute Gasteiger partial charge is 0.477 e. The summed E-state index contributed by atoms with van der Waals surface area (Å²) in [6.07, 6.45) is 7.72. The van der Waals surface area contributed by atoms with Crippen molar-refractivity contribution in [3.63, 3.8) is 0 Å². The van der Waals surface area contributed by atoms with Crippen molar-refractivity contribution in [2.45, 2.75) is 72.3 Å². The van der Waals surface area contributed by atoms with E-state index in [2.05, 4.69) is 50.8 Å². The first-order valence-corrected chi connectivity index (χ1v) is 9.74. The minimum absolute atomic E-state index is 0.298. The van der Waals surface area contributed by atoms with Gasteiger partial charge in [-0.15, -0.1) is 0 Å². The number of hydrogen-bond donors (Lipinski definition) is 1. The molecule has 1 aromatic carbocycles. The number of rotatable bonds is 9. The number of aliphatic hydroxyl groups is 1. The van der Waals surface area contributed by atoms with E-state index in [4.69, 9.17) is 9.84 Å². The van der Waals surface area contributed by atoms with E-state index < -0.39 is 0 Å². The number of fused-ring (bicyclic) bond motifs is 1. The fraction of sp³-hybridized carbons (Fsp3) is 0.636. The van der Waals surface area contributed by atoms with Gasteiger partial charge >= 0.3 is 0 Å². The van der Waals surface area contributed by atoms with Crippen LogP contribution < -0.4 is 4.74 Å². The summed E-state index contributed by atoms with van der Waals surface area (Å²) < 4.78 is 6.21. The second-order valence-corrected chi connectivity index (χ2v) is 7.65.